The summed E-state index contributed by atoms with van der Waals surface area (Å²) in [6.07, 6.45) is 0.384. The molecule has 3 rings (SSSR count). The summed E-state index contributed by atoms with van der Waals surface area (Å²) in [6.45, 7) is 4.37. The lowest BCUT2D eigenvalue weighted by Crippen LogP contribution is -2.31. The van der Waals surface area contributed by atoms with Crippen molar-refractivity contribution in [1.29, 1.82) is 0 Å². The third kappa shape index (κ3) is 4.67. The predicted molar refractivity (Wildman–Crippen MR) is 116 cm³/mol. The molecule has 0 aromatic heterocycles. The molecule has 0 saturated heterocycles. The van der Waals surface area contributed by atoms with Gasteiger partial charge < -0.3 is 5.32 Å². The van der Waals surface area contributed by atoms with E-state index in [1.54, 1.807) is 50.2 Å². The molecular weight excluding hydrogens is 418 g/mol. The summed E-state index contributed by atoms with van der Waals surface area (Å²) < 4.78 is 26.6. The fraction of sp³-hybridized carbons (Fsp3) is 0.318. The quantitative estimate of drug-likeness (QED) is 0.600. The normalized spacial score (nSPS) is 13.6. The molecule has 0 fully saturated rings. The Morgan fingerprint density at radius 1 is 0.968 bits per heavy atom. The molecule has 1 N–H and O–H groups in total. The van der Waals surface area contributed by atoms with Crippen molar-refractivity contribution in [3.05, 3.63) is 59.7 Å². The minimum Gasteiger partial charge on any atom is -0.326 e. The van der Waals surface area contributed by atoms with Gasteiger partial charge in [-0.2, -0.15) is 4.31 Å². The van der Waals surface area contributed by atoms with Gasteiger partial charge in [0.25, 0.3) is 11.8 Å². The Bertz CT molecular complexity index is 1070. The SMILES string of the molecule is CCN(CC)S(=O)(=O)c1cccc(NC(=O)CCCN2C(=O)c3ccccc3C2=O)c1. The Labute approximate surface area is 181 Å². The third-order valence-corrected chi connectivity index (χ3v) is 7.17. The average molecular weight is 444 g/mol. The second kappa shape index (κ2) is 9.40. The summed E-state index contributed by atoms with van der Waals surface area (Å²) in [5, 5.41) is 2.68. The molecule has 0 bridgehead atoms. The number of amides is 3. The lowest BCUT2D eigenvalue weighted by molar-refractivity contribution is -0.116. The van der Waals surface area contributed by atoms with Crippen molar-refractivity contribution in [3.63, 3.8) is 0 Å². The largest absolute Gasteiger partial charge is 0.326 e. The molecule has 0 aliphatic carbocycles. The first-order chi connectivity index (χ1) is 14.8. The molecule has 1 heterocycles. The van der Waals surface area contributed by atoms with Crippen LogP contribution in [0.5, 0.6) is 0 Å². The van der Waals surface area contributed by atoms with Gasteiger partial charge in [-0.05, 0) is 36.8 Å². The van der Waals surface area contributed by atoms with E-state index in [1.807, 2.05) is 0 Å². The molecular formula is C22H25N3O5S. The number of nitrogens with one attached hydrogen (secondary N) is 1. The summed E-state index contributed by atoms with van der Waals surface area (Å²) >= 11 is 0. The lowest BCUT2D eigenvalue weighted by atomic mass is 10.1. The smallest absolute Gasteiger partial charge is 0.261 e. The molecule has 0 spiro atoms. The van der Waals surface area contributed by atoms with Gasteiger partial charge in [-0.1, -0.05) is 32.0 Å². The number of nitrogens with zero attached hydrogens (tertiary/aromatic N) is 2. The summed E-state index contributed by atoms with van der Waals surface area (Å²) in [6, 6.07) is 12.7. The van der Waals surface area contributed by atoms with E-state index in [0.29, 0.717) is 36.3 Å². The van der Waals surface area contributed by atoms with Crippen LogP contribution in [0.2, 0.25) is 0 Å². The van der Waals surface area contributed by atoms with Crippen LogP contribution >= 0.6 is 0 Å². The number of hydrogen-bond donors (Lipinski definition) is 1. The molecule has 0 saturated carbocycles. The molecule has 2 aromatic carbocycles. The summed E-state index contributed by atoms with van der Waals surface area (Å²) in [5.74, 6) is -1.03. The van der Waals surface area contributed by atoms with Crippen LogP contribution in [0.1, 0.15) is 47.4 Å². The van der Waals surface area contributed by atoms with E-state index in [9.17, 15) is 22.8 Å². The minimum absolute atomic E-state index is 0.0838. The number of fused-ring (bicyclic) bond motifs is 1. The van der Waals surface area contributed by atoms with Gasteiger partial charge in [0.1, 0.15) is 0 Å². The Morgan fingerprint density at radius 3 is 2.16 bits per heavy atom. The minimum atomic E-state index is -3.63. The molecule has 9 heteroatoms. The van der Waals surface area contributed by atoms with Crippen LogP contribution in [-0.4, -0.2) is 55.0 Å². The maximum Gasteiger partial charge on any atom is 0.261 e. The van der Waals surface area contributed by atoms with Crippen LogP contribution in [0, 0.1) is 0 Å². The van der Waals surface area contributed by atoms with Crippen molar-refractivity contribution in [3.8, 4) is 0 Å². The van der Waals surface area contributed by atoms with Crippen LogP contribution in [0.15, 0.2) is 53.4 Å². The van der Waals surface area contributed by atoms with Gasteiger partial charge in [0.05, 0.1) is 16.0 Å². The van der Waals surface area contributed by atoms with Crippen molar-refractivity contribution in [2.75, 3.05) is 25.0 Å². The topological polar surface area (TPSA) is 104 Å². The number of anilines is 1. The van der Waals surface area contributed by atoms with Gasteiger partial charge in [0.2, 0.25) is 15.9 Å². The average Bonchev–Trinajstić information content (AvgIpc) is 3.00. The van der Waals surface area contributed by atoms with Gasteiger partial charge >= 0.3 is 0 Å². The Kier molecular flexibility index (Phi) is 6.87. The number of carbonyl (C=O) groups excluding carboxylic acids is 3. The molecule has 0 atom stereocenters. The van der Waals surface area contributed by atoms with Gasteiger partial charge in [-0.15, -0.1) is 0 Å². The van der Waals surface area contributed by atoms with Crippen molar-refractivity contribution >= 4 is 33.4 Å². The molecule has 3 amide bonds. The first kappa shape index (κ1) is 22.6. The first-order valence-corrected chi connectivity index (χ1v) is 11.6. The second-order valence-electron chi connectivity index (χ2n) is 7.08. The Hall–Kier alpha value is -3.04. The summed E-state index contributed by atoms with van der Waals surface area (Å²) in [5.41, 5.74) is 1.13. The van der Waals surface area contributed by atoms with E-state index >= 15 is 0 Å². The Balaban J connectivity index is 1.58. The first-order valence-electron chi connectivity index (χ1n) is 10.1. The fourth-order valence-electron chi connectivity index (χ4n) is 3.51. The molecule has 0 unspecified atom stereocenters. The molecule has 1 aliphatic heterocycles. The number of rotatable bonds is 9. The standard InChI is InChI=1S/C22H25N3O5S/c1-3-24(4-2)31(29,30)17-10-7-9-16(15-17)23-20(26)13-8-14-25-21(27)18-11-5-6-12-19(18)22(25)28/h5-7,9-12,15H,3-4,8,13-14H2,1-2H3,(H,23,26). The van der Waals surface area contributed by atoms with E-state index in [1.165, 1.54) is 16.4 Å². The maximum absolute atomic E-state index is 12.7. The molecule has 164 valence electrons. The van der Waals surface area contributed by atoms with E-state index in [2.05, 4.69) is 5.32 Å². The van der Waals surface area contributed by atoms with Crippen LogP contribution in [0.4, 0.5) is 5.69 Å². The van der Waals surface area contributed by atoms with Crippen LogP contribution in [0.3, 0.4) is 0 Å². The van der Waals surface area contributed by atoms with E-state index in [-0.39, 0.29) is 35.6 Å². The zero-order valence-electron chi connectivity index (χ0n) is 17.5. The zero-order chi connectivity index (χ0) is 22.6. The number of imide groups is 1. The van der Waals surface area contributed by atoms with Crippen molar-refractivity contribution in [2.24, 2.45) is 0 Å². The zero-order valence-corrected chi connectivity index (χ0v) is 18.3. The highest BCUT2D eigenvalue weighted by molar-refractivity contribution is 7.89. The van der Waals surface area contributed by atoms with Crippen molar-refractivity contribution in [2.45, 2.75) is 31.6 Å². The molecule has 8 nitrogen and oxygen atoms in total. The molecule has 1 aliphatic rings. The number of hydrogen-bond acceptors (Lipinski definition) is 5. The number of benzene rings is 2. The van der Waals surface area contributed by atoms with Crippen molar-refractivity contribution < 1.29 is 22.8 Å². The monoisotopic (exact) mass is 443 g/mol. The molecule has 2 aromatic rings. The number of sulfonamides is 1. The van der Waals surface area contributed by atoms with Gasteiger partial charge in [-0.3, -0.25) is 19.3 Å². The summed E-state index contributed by atoms with van der Waals surface area (Å²) in [7, 11) is -3.63. The second-order valence-corrected chi connectivity index (χ2v) is 9.01. The predicted octanol–water partition coefficient (Wildman–Crippen LogP) is 2.73. The third-order valence-electron chi connectivity index (χ3n) is 5.12. The highest BCUT2D eigenvalue weighted by Crippen LogP contribution is 2.23. The highest BCUT2D eigenvalue weighted by Gasteiger charge is 2.34. The molecule has 0 radical (unpaired) electrons. The van der Waals surface area contributed by atoms with E-state index < -0.39 is 10.0 Å². The number of carbonyl (C=O) groups is 3. The van der Waals surface area contributed by atoms with Gasteiger partial charge in [0, 0.05) is 31.7 Å². The van der Waals surface area contributed by atoms with Crippen molar-refractivity contribution in [1.82, 2.24) is 9.21 Å². The van der Waals surface area contributed by atoms with Crippen LogP contribution < -0.4 is 5.32 Å². The Morgan fingerprint density at radius 2 is 1.58 bits per heavy atom. The summed E-state index contributed by atoms with van der Waals surface area (Å²) in [4.78, 5) is 38.3. The maximum atomic E-state index is 12.7. The lowest BCUT2D eigenvalue weighted by Gasteiger charge is -2.19. The van der Waals surface area contributed by atoms with Gasteiger partial charge in [-0.25, -0.2) is 8.42 Å². The molecule has 31 heavy (non-hydrogen) atoms. The van der Waals surface area contributed by atoms with E-state index in [4.69, 9.17) is 0 Å². The van der Waals surface area contributed by atoms with Gasteiger partial charge in [0.15, 0.2) is 0 Å². The fourth-order valence-corrected chi connectivity index (χ4v) is 5.01. The van der Waals surface area contributed by atoms with E-state index in [0.717, 1.165) is 4.90 Å². The highest BCUT2D eigenvalue weighted by atomic mass is 32.2. The van der Waals surface area contributed by atoms with Crippen LogP contribution in [-0.2, 0) is 14.8 Å². The van der Waals surface area contributed by atoms with Crippen LogP contribution in [0.25, 0.3) is 0 Å².